The Bertz CT molecular complexity index is 803. The summed E-state index contributed by atoms with van der Waals surface area (Å²) in [4.78, 5) is 14.7. The molecule has 1 aliphatic heterocycles. The first-order chi connectivity index (χ1) is 13.1. The van der Waals surface area contributed by atoms with Crippen molar-refractivity contribution in [3.63, 3.8) is 0 Å². The van der Waals surface area contributed by atoms with Gasteiger partial charge in [-0.05, 0) is 31.6 Å². The lowest BCUT2D eigenvalue weighted by Gasteiger charge is -2.41. The Hall–Kier alpha value is -2.02. The second-order valence-electron chi connectivity index (χ2n) is 7.76. The smallest absolute Gasteiger partial charge is 0.233 e. The maximum Gasteiger partial charge on any atom is 0.233 e. The molecule has 0 radical (unpaired) electrons. The zero-order valence-electron chi connectivity index (χ0n) is 15.8. The van der Waals surface area contributed by atoms with E-state index in [-0.39, 0.29) is 5.91 Å². The molecular weight excluding hydrogens is 358 g/mol. The van der Waals surface area contributed by atoms with Gasteiger partial charge in [0.05, 0.1) is 5.75 Å². The second-order valence-corrected chi connectivity index (χ2v) is 8.71. The van der Waals surface area contributed by atoms with Gasteiger partial charge in [-0.2, -0.15) is 0 Å². The van der Waals surface area contributed by atoms with Gasteiger partial charge in [0.25, 0.3) is 0 Å². The van der Waals surface area contributed by atoms with Gasteiger partial charge in [0, 0.05) is 18.7 Å². The monoisotopic (exact) mass is 385 g/mol. The molecule has 2 heterocycles. The van der Waals surface area contributed by atoms with E-state index < -0.39 is 0 Å². The highest BCUT2D eigenvalue weighted by Crippen LogP contribution is 2.36. The molecule has 2 N–H and O–H groups in total. The predicted molar refractivity (Wildman–Crippen MR) is 108 cm³/mol. The van der Waals surface area contributed by atoms with Crippen molar-refractivity contribution in [2.24, 2.45) is 11.8 Å². The molecule has 1 aromatic heterocycles. The van der Waals surface area contributed by atoms with E-state index in [0.29, 0.717) is 22.7 Å². The fraction of sp³-hybridized carbons (Fsp3) is 0.550. The number of carbonyl (C=O) groups is 1. The second kappa shape index (κ2) is 7.92. The summed E-state index contributed by atoms with van der Waals surface area (Å²) < 4.78 is 1.48. The normalized spacial score (nSPS) is 22.5. The molecule has 144 valence electrons. The average Bonchev–Trinajstić information content (AvgIpc) is 3.07. The number of fused-ring (bicyclic) bond motifs is 1. The molecule has 2 fully saturated rings. The highest BCUT2D eigenvalue weighted by molar-refractivity contribution is 7.99. The van der Waals surface area contributed by atoms with E-state index in [1.807, 2.05) is 36.1 Å². The molecule has 0 unspecified atom stereocenters. The summed E-state index contributed by atoms with van der Waals surface area (Å²) in [5.41, 5.74) is 2.11. The van der Waals surface area contributed by atoms with E-state index in [0.717, 1.165) is 31.0 Å². The molecule has 0 spiro atoms. The van der Waals surface area contributed by atoms with Crippen molar-refractivity contribution >= 4 is 17.7 Å². The van der Waals surface area contributed by atoms with Gasteiger partial charge in [-0.1, -0.05) is 60.9 Å². The van der Waals surface area contributed by atoms with Crippen molar-refractivity contribution in [3.8, 4) is 11.4 Å². The van der Waals surface area contributed by atoms with Crippen LogP contribution in [0.15, 0.2) is 29.4 Å². The summed E-state index contributed by atoms with van der Waals surface area (Å²) in [5, 5.41) is 8.96. The van der Waals surface area contributed by atoms with Crippen LogP contribution in [-0.4, -0.2) is 44.5 Å². The van der Waals surface area contributed by atoms with Crippen molar-refractivity contribution < 1.29 is 4.79 Å². The summed E-state index contributed by atoms with van der Waals surface area (Å²) >= 11 is 1.37. The van der Waals surface area contributed by atoms with Crippen molar-refractivity contribution in [3.05, 3.63) is 29.8 Å². The summed E-state index contributed by atoms with van der Waals surface area (Å²) in [7, 11) is 0. The standard InChI is InChI=1S/C20H27N5OS/c1-14-6-8-16(9-7-14)19-22-23-20(25(19)21)27-13-18(26)24-11-10-15-4-2-3-5-17(15)12-24/h6-9,15,17H,2-5,10-13,21H2,1H3/t15-,17-/m1/s1. The molecule has 1 aromatic carbocycles. The predicted octanol–water partition coefficient (Wildman–Crippen LogP) is 3.10. The molecule has 2 aromatic rings. The van der Waals surface area contributed by atoms with Gasteiger partial charge in [0.2, 0.25) is 11.1 Å². The van der Waals surface area contributed by atoms with E-state index in [1.54, 1.807) is 0 Å². The molecule has 2 aliphatic rings. The first-order valence-electron chi connectivity index (χ1n) is 9.80. The molecule has 1 aliphatic carbocycles. The number of nitrogen functional groups attached to an aromatic ring is 1. The first kappa shape index (κ1) is 18.3. The maximum absolute atomic E-state index is 12.7. The third kappa shape index (κ3) is 3.98. The van der Waals surface area contributed by atoms with E-state index >= 15 is 0 Å². The fourth-order valence-corrected chi connectivity index (χ4v) is 5.08. The van der Waals surface area contributed by atoms with Crippen LogP contribution in [0.25, 0.3) is 11.4 Å². The van der Waals surface area contributed by atoms with Gasteiger partial charge >= 0.3 is 0 Å². The fourth-order valence-electron chi connectivity index (χ4n) is 4.32. The molecule has 6 nitrogen and oxygen atoms in total. The number of likely N-dealkylation sites (tertiary alicyclic amines) is 1. The summed E-state index contributed by atoms with van der Waals surface area (Å²) in [5.74, 6) is 8.87. The van der Waals surface area contributed by atoms with Crippen LogP contribution in [0.3, 0.4) is 0 Å². The maximum atomic E-state index is 12.7. The summed E-state index contributed by atoms with van der Waals surface area (Å²) in [6.45, 7) is 3.86. The van der Waals surface area contributed by atoms with E-state index in [2.05, 4.69) is 10.2 Å². The van der Waals surface area contributed by atoms with Gasteiger partial charge in [0.1, 0.15) is 0 Å². The van der Waals surface area contributed by atoms with Crippen LogP contribution in [0, 0.1) is 18.8 Å². The van der Waals surface area contributed by atoms with Crippen LogP contribution in [0.5, 0.6) is 0 Å². The molecule has 1 saturated carbocycles. The zero-order chi connectivity index (χ0) is 18.8. The summed E-state index contributed by atoms with van der Waals surface area (Å²) in [6, 6.07) is 8.01. The van der Waals surface area contributed by atoms with Crippen molar-refractivity contribution in [2.75, 3.05) is 24.7 Å². The largest absolute Gasteiger partial charge is 0.342 e. The van der Waals surface area contributed by atoms with Crippen LogP contribution >= 0.6 is 11.8 Å². The average molecular weight is 386 g/mol. The molecule has 1 saturated heterocycles. The third-order valence-corrected chi connectivity index (χ3v) is 6.87. The molecule has 0 bridgehead atoms. The third-order valence-electron chi connectivity index (χ3n) is 5.94. The van der Waals surface area contributed by atoms with Crippen molar-refractivity contribution in [1.82, 2.24) is 19.8 Å². The number of rotatable bonds is 4. The minimum absolute atomic E-state index is 0.184. The Kier molecular flexibility index (Phi) is 5.38. The van der Waals surface area contributed by atoms with Crippen LogP contribution < -0.4 is 5.84 Å². The lowest BCUT2D eigenvalue weighted by Crippen LogP contribution is -2.45. The van der Waals surface area contributed by atoms with Crippen LogP contribution in [-0.2, 0) is 4.79 Å². The number of thioether (sulfide) groups is 1. The Labute approximate surface area is 164 Å². The summed E-state index contributed by atoms with van der Waals surface area (Å²) in [6.07, 6.45) is 6.46. The lowest BCUT2D eigenvalue weighted by atomic mass is 9.75. The van der Waals surface area contributed by atoms with E-state index in [9.17, 15) is 4.79 Å². The van der Waals surface area contributed by atoms with Gasteiger partial charge in [0.15, 0.2) is 5.82 Å². The lowest BCUT2D eigenvalue weighted by molar-refractivity contribution is -0.131. The van der Waals surface area contributed by atoms with Crippen LogP contribution in [0.1, 0.15) is 37.7 Å². The van der Waals surface area contributed by atoms with Gasteiger partial charge in [-0.15, -0.1) is 10.2 Å². The van der Waals surface area contributed by atoms with Gasteiger partial charge < -0.3 is 10.7 Å². The minimum Gasteiger partial charge on any atom is -0.342 e. The number of piperidine rings is 1. The molecule has 4 rings (SSSR count). The van der Waals surface area contributed by atoms with Crippen LogP contribution in [0.2, 0.25) is 0 Å². The number of aryl methyl sites for hydroxylation is 1. The Morgan fingerprint density at radius 3 is 2.67 bits per heavy atom. The molecule has 2 atom stereocenters. The molecule has 7 heteroatoms. The highest BCUT2D eigenvalue weighted by Gasteiger charge is 2.32. The Morgan fingerprint density at radius 2 is 1.89 bits per heavy atom. The zero-order valence-corrected chi connectivity index (χ0v) is 16.6. The topological polar surface area (TPSA) is 77.0 Å². The van der Waals surface area contributed by atoms with E-state index in [4.69, 9.17) is 5.84 Å². The van der Waals surface area contributed by atoms with Gasteiger partial charge in [-0.3, -0.25) is 4.79 Å². The number of carbonyl (C=O) groups excluding carboxylic acids is 1. The molecule has 1 amide bonds. The number of amides is 1. The van der Waals surface area contributed by atoms with Crippen molar-refractivity contribution in [2.45, 2.75) is 44.2 Å². The van der Waals surface area contributed by atoms with Crippen molar-refractivity contribution in [1.29, 1.82) is 0 Å². The Balaban J connectivity index is 1.36. The highest BCUT2D eigenvalue weighted by atomic mass is 32.2. The SMILES string of the molecule is Cc1ccc(-c2nnc(SCC(=O)N3CC[C@H]4CCCC[C@@H]4C3)n2N)cc1. The number of nitrogens with two attached hydrogens (primary N) is 1. The van der Waals surface area contributed by atoms with Crippen LogP contribution in [0.4, 0.5) is 0 Å². The number of hydrogen-bond donors (Lipinski definition) is 1. The molecule has 27 heavy (non-hydrogen) atoms. The van der Waals surface area contributed by atoms with Gasteiger partial charge in [-0.25, -0.2) is 4.68 Å². The minimum atomic E-state index is 0.184. The first-order valence-corrected chi connectivity index (χ1v) is 10.8. The number of aromatic nitrogens is 3. The number of hydrogen-bond acceptors (Lipinski definition) is 5. The number of nitrogens with zero attached hydrogens (tertiary/aromatic N) is 4. The molecular formula is C20H27N5OS. The van der Waals surface area contributed by atoms with E-state index in [1.165, 1.54) is 47.7 Å². The number of benzene rings is 1. The quantitative estimate of drug-likeness (QED) is 0.646. The Morgan fingerprint density at radius 1 is 1.15 bits per heavy atom.